The molecular weight excluding hydrogens is 304 g/mol. The molecule has 6 heteroatoms. The predicted octanol–water partition coefficient (Wildman–Crippen LogP) is 1.40. The quantitative estimate of drug-likeness (QED) is 0.869. The molecule has 2 aromatic rings. The summed E-state index contributed by atoms with van der Waals surface area (Å²) >= 11 is 0. The van der Waals surface area contributed by atoms with Gasteiger partial charge in [-0.3, -0.25) is 9.59 Å². The SMILES string of the molecule is CCCCn1nc(C(=O)N[C@@H]2Cc3ccccc3[C@H]2N)ccc1=O. The molecule has 1 aromatic heterocycles. The fourth-order valence-electron chi connectivity index (χ4n) is 3.05. The summed E-state index contributed by atoms with van der Waals surface area (Å²) in [5, 5.41) is 7.13. The summed E-state index contributed by atoms with van der Waals surface area (Å²) in [5.74, 6) is -0.298. The van der Waals surface area contributed by atoms with Crippen molar-refractivity contribution >= 4 is 5.91 Å². The third-order valence-electron chi connectivity index (χ3n) is 4.43. The zero-order chi connectivity index (χ0) is 17.1. The molecule has 0 unspecified atom stereocenters. The van der Waals surface area contributed by atoms with Crippen LogP contribution in [0.2, 0.25) is 0 Å². The molecule has 1 aliphatic carbocycles. The first-order valence-corrected chi connectivity index (χ1v) is 8.32. The first-order valence-electron chi connectivity index (χ1n) is 8.32. The Morgan fingerprint density at radius 2 is 2.12 bits per heavy atom. The standard InChI is InChI=1S/C18H22N4O2/c1-2-3-10-22-16(23)9-8-14(21-22)18(24)20-15-11-12-6-4-5-7-13(12)17(15)19/h4-9,15,17H,2-3,10-11,19H2,1H3,(H,20,24)/t15-,17-/m1/s1. The van der Waals surface area contributed by atoms with E-state index in [1.165, 1.54) is 16.8 Å². The summed E-state index contributed by atoms with van der Waals surface area (Å²) in [5.41, 5.74) is 8.54. The van der Waals surface area contributed by atoms with E-state index in [-0.39, 0.29) is 29.2 Å². The average molecular weight is 326 g/mol. The Labute approximate surface area is 140 Å². The monoisotopic (exact) mass is 326 g/mol. The van der Waals surface area contributed by atoms with Crippen LogP contribution in [0.4, 0.5) is 0 Å². The number of hydrogen-bond acceptors (Lipinski definition) is 4. The highest BCUT2D eigenvalue weighted by Crippen LogP contribution is 2.29. The number of rotatable bonds is 5. The lowest BCUT2D eigenvalue weighted by molar-refractivity contribution is 0.0925. The maximum Gasteiger partial charge on any atom is 0.272 e. The molecule has 0 bridgehead atoms. The van der Waals surface area contributed by atoms with Crippen molar-refractivity contribution < 1.29 is 4.79 Å². The Bertz CT molecular complexity index is 800. The molecule has 126 valence electrons. The average Bonchev–Trinajstić information content (AvgIpc) is 2.90. The highest BCUT2D eigenvalue weighted by molar-refractivity contribution is 5.92. The van der Waals surface area contributed by atoms with Gasteiger partial charge in [0.25, 0.3) is 11.5 Å². The molecular formula is C18H22N4O2. The topological polar surface area (TPSA) is 90.0 Å². The number of hydrogen-bond donors (Lipinski definition) is 2. The number of benzene rings is 1. The molecule has 0 saturated heterocycles. The number of carbonyl (C=O) groups excluding carboxylic acids is 1. The van der Waals surface area contributed by atoms with Crippen LogP contribution in [0.5, 0.6) is 0 Å². The summed E-state index contributed by atoms with van der Waals surface area (Å²) in [6.07, 6.45) is 2.51. The van der Waals surface area contributed by atoms with Gasteiger partial charge in [0.1, 0.15) is 5.69 Å². The van der Waals surface area contributed by atoms with Gasteiger partial charge in [-0.2, -0.15) is 5.10 Å². The summed E-state index contributed by atoms with van der Waals surface area (Å²) < 4.78 is 1.35. The van der Waals surface area contributed by atoms with E-state index < -0.39 is 0 Å². The molecule has 1 aliphatic rings. The number of aryl methyl sites for hydroxylation is 1. The minimum atomic E-state index is -0.298. The maximum atomic E-state index is 12.5. The van der Waals surface area contributed by atoms with Crippen LogP contribution in [0.1, 0.15) is 47.4 Å². The molecule has 24 heavy (non-hydrogen) atoms. The van der Waals surface area contributed by atoms with E-state index in [0.29, 0.717) is 13.0 Å². The molecule has 0 aliphatic heterocycles. The van der Waals surface area contributed by atoms with E-state index in [1.807, 2.05) is 31.2 Å². The molecule has 3 N–H and O–H groups in total. The zero-order valence-corrected chi connectivity index (χ0v) is 13.7. The minimum absolute atomic E-state index is 0.160. The molecule has 1 amide bonds. The van der Waals surface area contributed by atoms with Crippen molar-refractivity contribution in [3.05, 3.63) is 63.6 Å². The number of nitrogens with two attached hydrogens (primary N) is 1. The van der Waals surface area contributed by atoms with E-state index in [9.17, 15) is 9.59 Å². The summed E-state index contributed by atoms with van der Waals surface area (Å²) in [6, 6.07) is 10.4. The predicted molar refractivity (Wildman–Crippen MR) is 91.7 cm³/mol. The van der Waals surface area contributed by atoms with Crippen molar-refractivity contribution in [3.63, 3.8) is 0 Å². The highest BCUT2D eigenvalue weighted by Gasteiger charge is 2.30. The van der Waals surface area contributed by atoms with Crippen molar-refractivity contribution in [1.82, 2.24) is 15.1 Å². The van der Waals surface area contributed by atoms with Crippen molar-refractivity contribution in [1.29, 1.82) is 0 Å². The minimum Gasteiger partial charge on any atom is -0.346 e. The Morgan fingerprint density at radius 3 is 2.88 bits per heavy atom. The number of nitrogens with zero attached hydrogens (tertiary/aromatic N) is 2. The largest absolute Gasteiger partial charge is 0.346 e. The molecule has 0 spiro atoms. The first kappa shape index (κ1) is 16.4. The third-order valence-corrected chi connectivity index (χ3v) is 4.43. The van der Waals surface area contributed by atoms with Gasteiger partial charge in [-0.05, 0) is 30.0 Å². The van der Waals surface area contributed by atoms with Gasteiger partial charge in [-0.1, -0.05) is 37.6 Å². The van der Waals surface area contributed by atoms with Crippen LogP contribution in [-0.2, 0) is 13.0 Å². The van der Waals surface area contributed by atoms with Gasteiger partial charge in [0.2, 0.25) is 0 Å². The number of unbranched alkanes of at least 4 members (excludes halogenated alkanes) is 1. The number of nitrogens with one attached hydrogen (secondary N) is 1. The van der Waals surface area contributed by atoms with Crippen LogP contribution in [0, 0.1) is 0 Å². The van der Waals surface area contributed by atoms with E-state index >= 15 is 0 Å². The smallest absolute Gasteiger partial charge is 0.272 e. The highest BCUT2D eigenvalue weighted by atomic mass is 16.2. The van der Waals surface area contributed by atoms with E-state index in [2.05, 4.69) is 10.4 Å². The van der Waals surface area contributed by atoms with Crippen LogP contribution in [0.15, 0.2) is 41.2 Å². The molecule has 1 heterocycles. The second-order valence-electron chi connectivity index (χ2n) is 6.14. The molecule has 0 radical (unpaired) electrons. The summed E-state index contributed by atoms with van der Waals surface area (Å²) in [7, 11) is 0. The van der Waals surface area contributed by atoms with Crippen molar-refractivity contribution in [2.24, 2.45) is 5.73 Å². The lowest BCUT2D eigenvalue weighted by Crippen LogP contribution is -2.41. The van der Waals surface area contributed by atoms with Gasteiger partial charge >= 0.3 is 0 Å². The van der Waals surface area contributed by atoms with E-state index in [0.717, 1.165) is 24.0 Å². The van der Waals surface area contributed by atoms with Crippen LogP contribution in [-0.4, -0.2) is 21.7 Å². The van der Waals surface area contributed by atoms with Crippen molar-refractivity contribution in [2.45, 2.75) is 44.8 Å². The molecule has 3 rings (SSSR count). The number of amides is 1. The second-order valence-corrected chi connectivity index (χ2v) is 6.14. The van der Waals surface area contributed by atoms with Gasteiger partial charge in [0.05, 0.1) is 12.1 Å². The van der Waals surface area contributed by atoms with Gasteiger partial charge in [-0.25, -0.2) is 4.68 Å². The van der Waals surface area contributed by atoms with Crippen LogP contribution in [0.25, 0.3) is 0 Å². The lowest BCUT2D eigenvalue weighted by Gasteiger charge is -2.17. The third kappa shape index (κ3) is 3.23. The first-order chi connectivity index (χ1) is 11.6. The number of aromatic nitrogens is 2. The van der Waals surface area contributed by atoms with Gasteiger partial charge in [-0.15, -0.1) is 0 Å². The Hall–Kier alpha value is -2.47. The number of fused-ring (bicyclic) bond motifs is 1. The molecule has 1 aromatic carbocycles. The van der Waals surface area contributed by atoms with E-state index in [1.54, 1.807) is 0 Å². The zero-order valence-electron chi connectivity index (χ0n) is 13.7. The van der Waals surface area contributed by atoms with Crippen LogP contribution < -0.4 is 16.6 Å². The van der Waals surface area contributed by atoms with E-state index in [4.69, 9.17) is 5.73 Å². The summed E-state index contributed by atoms with van der Waals surface area (Å²) in [6.45, 7) is 2.56. The van der Waals surface area contributed by atoms with Crippen LogP contribution >= 0.6 is 0 Å². The maximum absolute atomic E-state index is 12.5. The molecule has 2 atom stereocenters. The molecule has 6 nitrogen and oxygen atoms in total. The van der Waals surface area contributed by atoms with Gasteiger partial charge in [0.15, 0.2) is 0 Å². The Kier molecular flexibility index (Phi) is 4.76. The fraction of sp³-hybridized carbons (Fsp3) is 0.389. The second kappa shape index (κ2) is 6.97. The van der Waals surface area contributed by atoms with Gasteiger partial charge < -0.3 is 11.1 Å². The molecule has 0 saturated carbocycles. The Balaban J connectivity index is 1.73. The molecule has 0 fully saturated rings. The normalized spacial score (nSPS) is 19.1. The Morgan fingerprint density at radius 1 is 1.33 bits per heavy atom. The van der Waals surface area contributed by atoms with Crippen LogP contribution in [0.3, 0.4) is 0 Å². The fourth-order valence-corrected chi connectivity index (χ4v) is 3.05. The summed E-state index contributed by atoms with van der Waals surface area (Å²) in [4.78, 5) is 24.3. The van der Waals surface area contributed by atoms with Gasteiger partial charge in [0, 0.05) is 12.6 Å². The lowest BCUT2D eigenvalue weighted by atomic mass is 10.1. The van der Waals surface area contributed by atoms with Crippen molar-refractivity contribution in [2.75, 3.05) is 0 Å². The van der Waals surface area contributed by atoms with Crippen molar-refractivity contribution in [3.8, 4) is 0 Å². The number of carbonyl (C=O) groups is 1.